The molecule has 132 valence electrons. The van der Waals surface area contributed by atoms with E-state index >= 15 is 0 Å². The van der Waals surface area contributed by atoms with Gasteiger partial charge in [-0.15, -0.1) is 0 Å². The average molecular weight is 357 g/mol. The molecule has 10 heteroatoms. The van der Waals surface area contributed by atoms with E-state index < -0.39 is 24.3 Å². The highest BCUT2D eigenvalue weighted by molar-refractivity contribution is 6.60. The number of ether oxygens (including phenoxy) is 1. The van der Waals surface area contributed by atoms with E-state index in [0.717, 1.165) is 6.08 Å². The van der Waals surface area contributed by atoms with Crippen molar-refractivity contribution in [1.29, 1.82) is 0 Å². The first-order valence-electron chi connectivity index (χ1n) is 6.52. The van der Waals surface area contributed by atoms with Crippen LogP contribution < -0.4 is 0 Å². The maximum absolute atomic E-state index is 10.7. The molecule has 0 N–H and O–H groups in total. The van der Waals surface area contributed by atoms with Gasteiger partial charge in [-0.1, -0.05) is 6.58 Å². The van der Waals surface area contributed by atoms with Crippen LogP contribution in [-0.4, -0.2) is 73.6 Å². The first-order valence-corrected chi connectivity index (χ1v) is 9.86. The molecule has 8 nitrogen and oxygen atoms in total. The molecule has 0 aliphatic carbocycles. The van der Waals surface area contributed by atoms with Crippen molar-refractivity contribution < 1.29 is 36.1 Å². The molecule has 0 atom stereocenters. The van der Waals surface area contributed by atoms with Crippen LogP contribution in [0.5, 0.6) is 0 Å². The van der Waals surface area contributed by atoms with Gasteiger partial charge in [-0.25, -0.2) is 4.79 Å². The molecule has 0 aromatic carbocycles. The lowest BCUT2D eigenvalue weighted by Crippen LogP contribution is -2.42. The largest absolute Gasteiger partial charge is 0.500 e. The Morgan fingerprint density at radius 1 is 1.00 bits per heavy atom. The third-order valence-corrected chi connectivity index (χ3v) is 6.54. The predicted octanol–water partition coefficient (Wildman–Crippen LogP) is 0.627. The quantitative estimate of drug-likeness (QED) is 0.231. The number of rotatable bonds is 11. The van der Waals surface area contributed by atoms with Crippen LogP contribution in [-0.2, 0) is 36.1 Å². The van der Waals surface area contributed by atoms with E-state index in [1.54, 1.807) is 42.7 Å². The van der Waals surface area contributed by atoms with Gasteiger partial charge in [-0.3, -0.25) is 0 Å². The molecule has 0 rings (SSSR count). The molecule has 22 heavy (non-hydrogen) atoms. The van der Waals surface area contributed by atoms with Crippen molar-refractivity contribution in [3.63, 3.8) is 0 Å². The van der Waals surface area contributed by atoms with Crippen LogP contribution >= 0.6 is 0 Å². The van der Waals surface area contributed by atoms with E-state index in [-0.39, 0.29) is 0 Å². The van der Waals surface area contributed by atoms with Crippen LogP contribution in [0, 0.1) is 0 Å². The smallest absolute Gasteiger partial charge is 0.463 e. The van der Waals surface area contributed by atoms with Crippen LogP contribution in [0.2, 0.25) is 6.04 Å². The van der Waals surface area contributed by atoms with Gasteiger partial charge in [0.15, 0.2) is 0 Å². The van der Waals surface area contributed by atoms with Crippen molar-refractivity contribution in [1.82, 2.24) is 0 Å². The molecule has 0 heterocycles. The first-order chi connectivity index (χ1) is 10.5. The van der Waals surface area contributed by atoms with Crippen molar-refractivity contribution in [3.8, 4) is 0 Å². The molecular weight excluding hydrogens is 328 g/mol. The van der Waals surface area contributed by atoms with Crippen LogP contribution in [0.4, 0.5) is 0 Å². The first kappa shape index (κ1) is 23.7. The van der Waals surface area contributed by atoms with Crippen molar-refractivity contribution >= 4 is 24.3 Å². The lowest BCUT2D eigenvalue weighted by Gasteiger charge is -2.23. The molecule has 0 aromatic rings. The summed E-state index contributed by atoms with van der Waals surface area (Å²) in [6.45, 7) is 3.61. The van der Waals surface area contributed by atoms with Gasteiger partial charge in [0.2, 0.25) is 0 Å². The van der Waals surface area contributed by atoms with Crippen LogP contribution in [0.1, 0.15) is 6.42 Å². The fourth-order valence-electron chi connectivity index (χ4n) is 1.37. The summed E-state index contributed by atoms with van der Waals surface area (Å²) in [7, 11) is 5.18. The maximum atomic E-state index is 10.7. The minimum atomic E-state index is -2.52. The fourth-order valence-corrected chi connectivity index (χ4v) is 3.63. The second-order valence-corrected chi connectivity index (χ2v) is 8.85. The van der Waals surface area contributed by atoms with E-state index in [9.17, 15) is 4.79 Å². The Balaban J connectivity index is 0. The van der Waals surface area contributed by atoms with E-state index in [1.165, 1.54) is 0 Å². The van der Waals surface area contributed by atoms with Gasteiger partial charge in [0.1, 0.15) is 0 Å². The minimum absolute atomic E-state index is 0.315. The van der Waals surface area contributed by atoms with Gasteiger partial charge in [-0.05, 0) is 6.42 Å². The summed E-state index contributed by atoms with van der Waals surface area (Å²) in [6.07, 6.45) is 1.77. The number of carbonyl (C=O) groups excluding carboxylic acids is 1. The topological polar surface area (TPSA) is 81.7 Å². The Hall–Kier alpha value is -0.596. The van der Waals surface area contributed by atoms with Gasteiger partial charge in [0, 0.05) is 54.8 Å². The van der Waals surface area contributed by atoms with Crippen LogP contribution in [0.3, 0.4) is 0 Å². The number of carbonyl (C=O) groups is 1. The van der Waals surface area contributed by atoms with Gasteiger partial charge >= 0.3 is 24.3 Å². The zero-order chi connectivity index (χ0) is 17.4. The molecule has 0 aliphatic heterocycles. The van der Waals surface area contributed by atoms with Crippen molar-refractivity contribution in [2.75, 3.05) is 49.3 Å². The highest BCUT2D eigenvalue weighted by Gasteiger charge is 2.36. The maximum Gasteiger partial charge on any atom is 0.500 e. The van der Waals surface area contributed by atoms with Crippen molar-refractivity contribution in [2.24, 2.45) is 0 Å². The molecule has 0 unspecified atom stereocenters. The van der Waals surface area contributed by atoms with Gasteiger partial charge in [0.05, 0.1) is 6.61 Å². The molecule has 0 aliphatic rings. The van der Waals surface area contributed by atoms with Crippen molar-refractivity contribution in [3.05, 3.63) is 12.7 Å². The normalized spacial score (nSPS) is 10.9. The summed E-state index contributed by atoms with van der Waals surface area (Å²) in [5.41, 5.74) is 0. The lowest BCUT2D eigenvalue weighted by molar-refractivity contribution is -0.137. The van der Waals surface area contributed by atoms with E-state index in [2.05, 4.69) is 6.58 Å². The number of esters is 1. The molecule has 0 aromatic heterocycles. The van der Waals surface area contributed by atoms with Gasteiger partial charge < -0.3 is 31.3 Å². The standard InChI is InChI=1S/C9H18O5Si.C3H10O3Si/c1-5-9(10)14-7-6-8-15(11-2,12-3)13-4;1-4-7(5-2)6-3/h5H,1,6-8H2,2-4H3;7H,1-3H3. The summed E-state index contributed by atoms with van der Waals surface area (Å²) >= 11 is 0. The average Bonchev–Trinajstić information content (AvgIpc) is 2.57. The molecule has 0 amide bonds. The zero-order valence-corrected chi connectivity index (χ0v) is 16.4. The highest BCUT2D eigenvalue weighted by atomic mass is 28.4. The summed E-state index contributed by atoms with van der Waals surface area (Å²) in [4.78, 5) is 10.7. The predicted molar refractivity (Wildman–Crippen MR) is 85.5 cm³/mol. The van der Waals surface area contributed by atoms with Crippen molar-refractivity contribution in [2.45, 2.75) is 12.5 Å². The second-order valence-electron chi connectivity index (χ2n) is 3.77. The van der Waals surface area contributed by atoms with Crippen LogP contribution in [0.15, 0.2) is 12.7 Å². The highest BCUT2D eigenvalue weighted by Crippen LogP contribution is 2.14. The summed E-state index contributed by atoms with van der Waals surface area (Å²) in [6, 6.07) is 0.612. The number of hydrogen-bond acceptors (Lipinski definition) is 8. The Morgan fingerprint density at radius 3 is 1.73 bits per heavy atom. The molecule has 0 saturated heterocycles. The van der Waals surface area contributed by atoms with E-state index in [1.807, 2.05) is 0 Å². The molecule has 0 bridgehead atoms. The third kappa shape index (κ3) is 11.0. The van der Waals surface area contributed by atoms with E-state index in [0.29, 0.717) is 19.1 Å². The molecule has 0 spiro atoms. The monoisotopic (exact) mass is 356 g/mol. The Morgan fingerprint density at radius 2 is 1.45 bits per heavy atom. The SMILES string of the molecule is C=CC(=O)OCCC[Si](OC)(OC)OC.CO[SiH](OC)OC. The molecule has 0 saturated carbocycles. The Bertz CT molecular complexity index is 269. The number of hydrogen-bond donors (Lipinski definition) is 0. The fraction of sp³-hybridized carbons (Fsp3) is 0.750. The van der Waals surface area contributed by atoms with Crippen LogP contribution in [0.25, 0.3) is 0 Å². The van der Waals surface area contributed by atoms with E-state index in [4.69, 9.17) is 31.3 Å². The minimum Gasteiger partial charge on any atom is -0.463 e. The third-order valence-electron chi connectivity index (χ3n) is 2.55. The summed E-state index contributed by atoms with van der Waals surface area (Å²) < 4.78 is 34.7. The summed E-state index contributed by atoms with van der Waals surface area (Å²) in [5.74, 6) is -0.422. The Labute approximate surface area is 135 Å². The lowest BCUT2D eigenvalue weighted by atomic mass is 10.5. The Kier molecular flexibility index (Phi) is 16.5. The molecule has 0 radical (unpaired) electrons. The molecular formula is C12H28O8Si2. The second kappa shape index (κ2) is 15.3. The molecule has 0 fully saturated rings. The van der Waals surface area contributed by atoms with Gasteiger partial charge in [-0.2, -0.15) is 0 Å². The van der Waals surface area contributed by atoms with Gasteiger partial charge in [0.25, 0.3) is 0 Å². The summed E-state index contributed by atoms with van der Waals surface area (Å²) in [5, 5.41) is 0. The zero-order valence-electron chi connectivity index (χ0n) is 14.2.